The van der Waals surface area contributed by atoms with E-state index in [0.29, 0.717) is 12.7 Å². The van der Waals surface area contributed by atoms with Crippen LogP contribution < -0.4 is 5.32 Å². The highest BCUT2D eigenvalue weighted by Gasteiger charge is 2.51. The Kier molecular flexibility index (Phi) is 6.77. The zero-order valence-corrected chi connectivity index (χ0v) is 18.3. The molecule has 0 saturated carbocycles. The van der Waals surface area contributed by atoms with Gasteiger partial charge in [-0.05, 0) is 64.0 Å². The van der Waals surface area contributed by atoms with Crippen LogP contribution >= 0.6 is 0 Å². The first-order valence-corrected chi connectivity index (χ1v) is 10.5. The van der Waals surface area contributed by atoms with E-state index in [4.69, 9.17) is 19.6 Å². The molecule has 1 unspecified atom stereocenters. The van der Waals surface area contributed by atoms with Crippen LogP contribution in [-0.4, -0.2) is 42.9 Å². The number of carbonyl (C=O) groups is 1. The fourth-order valence-electron chi connectivity index (χ4n) is 3.98. The normalized spacial score (nSPS) is 27.3. The molecule has 2 aliphatic heterocycles. The third-order valence-corrected chi connectivity index (χ3v) is 6.42. The molecule has 2 fully saturated rings. The van der Waals surface area contributed by atoms with Gasteiger partial charge in [0.2, 0.25) is 0 Å². The van der Waals surface area contributed by atoms with Crippen LogP contribution in [0.2, 0.25) is 6.32 Å². The predicted molar refractivity (Wildman–Crippen MR) is 115 cm³/mol. The van der Waals surface area contributed by atoms with Crippen LogP contribution in [0.3, 0.4) is 0 Å². The van der Waals surface area contributed by atoms with Gasteiger partial charge in [-0.3, -0.25) is 4.79 Å². The van der Waals surface area contributed by atoms with Gasteiger partial charge in [-0.25, -0.2) is 0 Å². The highest BCUT2D eigenvalue weighted by atomic mass is 16.7. The van der Waals surface area contributed by atoms with Crippen molar-refractivity contribution in [3.8, 4) is 0 Å². The first kappa shape index (κ1) is 22.6. The van der Waals surface area contributed by atoms with Crippen LogP contribution in [0, 0.1) is 5.92 Å². The molecule has 2 atom stereocenters. The van der Waals surface area contributed by atoms with Crippen molar-refractivity contribution in [1.82, 2.24) is 5.32 Å². The number of hydrogen-bond acceptors (Lipinski definition) is 6. The molecule has 2 aliphatic rings. The second kappa shape index (κ2) is 8.98. The third-order valence-electron chi connectivity index (χ3n) is 6.42. The highest BCUT2D eigenvalue weighted by Crippen LogP contribution is 2.39. The summed E-state index contributed by atoms with van der Waals surface area (Å²) in [5, 5.41) is 7.13. The Labute approximate surface area is 178 Å². The SMILES string of the molecule is CC1(C)OB(CC[C@@H]2CNCC(N=[N+]=[N-])(C(=O)OCc3ccccc3)C2)OC1(C)C. The molecule has 162 valence electrons. The first-order chi connectivity index (χ1) is 14.2. The Morgan fingerprint density at radius 1 is 1.27 bits per heavy atom. The fraction of sp³-hybridized carbons (Fsp3) is 0.667. The maximum absolute atomic E-state index is 12.9. The van der Waals surface area contributed by atoms with E-state index in [1.807, 2.05) is 58.0 Å². The summed E-state index contributed by atoms with van der Waals surface area (Å²) in [4.78, 5) is 15.8. The van der Waals surface area contributed by atoms with Gasteiger partial charge in [-0.2, -0.15) is 0 Å². The lowest BCUT2D eigenvalue weighted by atomic mass is 9.75. The molecule has 1 aromatic rings. The van der Waals surface area contributed by atoms with E-state index in [1.54, 1.807) is 0 Å². The Bertz CT molecular complexity index is 781. The molecule has 1 aromatic carbocycles. The number of hydrogen-bond donors (Lipinski definition) is 1. The topological polar surface area (TPSA) is 106 Å². The first-order valence-electron chi connectivity index (χ1n) is 10.5. The molecule has 8 nitrogen and oxygen atoms in total. The number of carbonyl (C=O) groups excluding carboxylic acids is 1. The van der Waals surface area contributed by atoms with Crippen molar-refractivity contribution in [2.45, 2.75) is 70.2 Å². The van der Waals surface area contributed by atoms with Gasteiger partial charge in [0.1, 0.15) is 6.61 Å². The van der Waals surface area contributed by atoms with Crippen molar-refractivity contribution in [2.24, 2.45) is 11.0 Å². The van der Waals surface area contributed by atoms with Crippen LogP contribution in [0.1, 0.15) is 46.1 Å². The van der Waals surface area contributed by atoms with Crippen molar-refractivity contribution in [3.63, 3.8) is 0 Å². The number of benzene rings is 1. The Hall–Kier alpha value is -2.06. The lowest BCUT2D eigenvalue weighted by Gasteiger charge is -2.36. The minimum atomic E-state index is -1.23. The zero-order chi connectivity index (χ0) is 21.8. The Morgan fingerprint density at radius 2 is 1.93 bits per heavy atom. The molecule has 9 heteroatoms. The van der Waals surface area contributed by atoms with E-state index in [0.717, 1.165) is 18.5 Å². The van der Waals surface area contributed by atoms with Crippen LogP contribution in [0.25, 0.3) is 10.4 Å². The zero-order valence-electron chi connectivity index (χ0n) is 18.3. The standard InChI is InChI=1S/C21H31BN4O4/c1-19(2)20(3,4)30-22(29-19)11-10-17-12-21(25-26-23,15-24-13-17)18(27)28-14-16-8-6-5-7-9-16/h5-9,17,24H,10-15H2,1-4H3/t17-,21?/m0/s1. The average molecular weight is 414 g/mol. The molecule has 0 radical (unpaired) electrons. The molecular weight excluding hydrogens is 383 g/mol. The predicted octanol–water partition coefficient (Wildman–Crippen LogP) is 3.87. The largest absolute Gasteiger partial charge is 0.460 e. The quantitative estimate of drug-likeness (QED) is 0.240. The van der Waals surface area contributed by atoms with Gasteiger partial charge < -0.3 is 19.4 Å². The van der Waals surface area contributed by atoms with Crippen molar-refractivity contribution in [2.75, 3.05) is 13.1 Å². The lowest BCUT2D eigenvalue weighted by molar-refractivity contribution is -0.152. The molecule has 30 heavy (non-hydrogen) atoms. The molecule has 0 spiro atoms. The van der Waals surface area contributed by atoms with Crippen molar-refractivity contribution < 1.29 is 18.8 Å². The number of azide groups is 1. The molecule has 0 aromatic heterocycles. The summed E-state index contributed by atoms with van der Waals surface area (Å²) in [6, 6.07) is 9.46. The molecule has 0 aliphatic carbocycles. The van der Waals surface area contributed by atoms with Crippen molar-refractivity contribution >= 4 is 13.1 Å². The molecule has 2 saturated heterocycles. The summed E-state index contributed by atoms with van der Waals surface area (Å²) >= 11 is 0. The van der Waals surface area contributed by atoms with Gasteiger partial charge >= 0.3 is 13.1 Å². The van der Waals surface area contributed by atoms with Gasteiger partial charge in [0.05, 0.1) is 11.2 Å². The molecule has 0 amide bonds. The minimum Gasteiger partial charge on any atom is -0.460 e. The van der Waals surface area contributed by atoms with E-state index in [9.17, 15) is 4.79 Å². The van der Waals surface area contributed by atoms with Crippen LogP contribution in [0.5, 0.6) is 0 Å². The number of ether oxygens (including phenoxy) is 1. The van der Waals surface area contributed by atoms with E-state index in [-0.39, 0.29) is 37.4 Å². The number of nitrogens with one attached hydrogen (secondary N) is 1. The van der Waals surface area contributed by atoms with Crippen LogP contribution in [0.15, 0.2) is 35.4 Å². The summed E-state index contributed by atoms with van der Waals surface area (Å²) in [6.07, 6.45) is 1.94. The van der Waals surface area contributed by atoms with Crippen molar-refractivity contribution in [1.29, 1.82) is 0 Å². The monoisotopic (exact) mass is 414 g/mol. The van der Waals surface area contributed by atoms with Gasteiger partial charge in [-0.1, -0.05) is 41.9 Å². The molecule has 3 rings (SSSR count). The van der Waals surface area contributed by atoms with E-state index < -0.39 is 11.5 Å². The maximum Gasteiger partial charge on any atom is 0.457 e. The fourth-order valence-corrected chi connectivity index (χ4v) is 3.98. The summed E-state index contributed by atoms with van der Waals surface area (Å²) in [7, 11) is -0.282. The van der Waals surface area contributed by atoms with E-state index in [2.05, 4.69) is 15.3 Å². The molecule has 2 heterocycles. The second-order valence-electron chi connectivity index (χ2n) is 9.25. The van der Waals surface area contributed by atoms with Gasteiger partial charge in [0.25, 0.3) is 0 Å². The number of nitrogens with zero attached hydrogens (tertiary/aromatic N) is 3. The van der Waals surface area contributed by atoms with Gasteiger partial charge in [0, 0.05) is 11.5 Å². The van der Waals surface area contributed by atoms with E-state index >= 15 is 0 Å². The van der Waals surface area contributed by atoms with Crippen LogP contribution in [-0.2, 0) is 25.4 Å². The smallest absolute Gasteiger partial charge is 0.457 e. The number of rotatable bonds is 7. The van der Waals surface area contributed by atoms with Crippen molar-refractivity contribution in [3.05, 3.63) is 46.3 Å². The maximum atomic E-state index is 12.9. The van der Waals surface area contributed by atoms with Gasteiger partial charge in [-0.15, -0.1) is 0 Å². The molecule has 1 N–H and O–H groups in total. The van der Waals surface area contributed by atoms with Gasteiger partial charge in [0.15, 0.2) is 5.54 Å². The van der Waals surface area contributed by atoms with E-state index in [1.165, 1.54) is 0 Å². The minimum absolute atomic E-state index is 0.146. The van der Waals surface area contributed by atoms with Crippen LogP contribution in [0.4, 0.5) is 0 Å². The Morgan fingerprint density at radius 3 is 2.57 bits per heavy atom. The average Bonchev–Trinajstić information content (AvgIpc) is 2.92. The lowest BCUT2D eigenvalue weighted by Crippen LogP contribution is -2.53. The molecule has 0 bridgehead atoms. The summed E-state index contributed by atoms with van der Waals surface area (Å²) in [5.41, 5.74) is 8.04. The second-order valence-corrected chi connectivity index (χ2v) is 9.25. The number of esters is 1. The highest BCUT2D eigenvalue weighted by molar-refractivity contribution is 6.45. The summed E-state index contributed by atoms with van der Waals surface area (Å²) in [5.74, 6) is -0.343. The molecular formula is C21H31BN4O4. The number of piperidine rings is 1. The third kappa shape index (κ3) is 4.98. The summed E-state index contributed by atoms with van der Waals surface area (Å²) < 4.78 is 17.7. The summed E-state index contributed by atoms with van der Waals surface area (Å²) in [6.45, 7) is 9.30. The Balaban J connectivity index is 1.59.